The Morgan fingerprint density at radius 2 is 2.00 bits per heavy atom. The maximum atomic E-state index is 12.3. The van der Waals surface area contributed by atoms with E-state index in [1.54, 1.807) is 40.9 Å². The van der Waals surface area contributed by atoms with Crippen LogP contribution in [0.25, 0.3) is 0 Å². The molecule has 4 nitrogen and oxygen atoms in total. The normalized spacial score (nSPS) is 19.1. The van der Waals surface area contributed by atoms with Crippen molar-refractivity contribution in [2.45, 2.75) is 23.7 Å². The molecule has 1 aromatic rings. The number of aliphatic hydroxyl groups is 1. The van der Waals surface area contributed by atoms with Crippen molar-refractivity contribution in [3.63, 3.8) is 0 Å². The summed E-state index contributed by atoms with van der Waals surface area (Å²) in [6, 6.07) is 11.3. The molecule has 1 N–H and O–H groups in total. The van der Waals surface area contributed by atoms with Gasteiger partial charge in [-0.2, -0.15) is 5.26 Å². The highest BCUT2D eigenvalue weighted by Crippen LogP contribution is 2.34. The van der Waals surface area contributed by atoms with Gasteiger partial charge in [0.2, 0.25) is 0 Å². The molecule has 1 saturated heterocycles. The summed E-state index contributed by atoms with van der Waals surface area (Å²) in [5.41, 5.74) is 0.611. The summed E-state index contributed by atoms with van der Waals surface area (Å²) in [5, 5.41) is 19.4. The first-order valence-corrected chi connectivity index (χ1v) is 7.82. The fourth-order valence-electron chi connectivity index (χ4n) is 2.40. The van der Waals surface area contributed by atoms with Crippen LogP contribution in [-0.4, -0.2) is 40.0 Å². The van der Waals surface area contributed by atoms with Crippen molar-refractivity contribution in [2.75, 3.05) is 19.3 Å². The zero-order valence-corrected chi connectivity index (χ0v) is 12.3. The lowest BCUT2D eigenvalue weighted by atomic mass is 9.96. The Bertz CT molecular complexity index is 504. The summed E-state index contributed by atoms with van der Waals surface area (Å²) in [6.07, 6.45) is 2.12. The van der Waals surface area contributed by atoms with E-state index in [4.69, 9.17) is 0 Å². The van der Waals surface area contributed by atoms with Crippen LogP contribution in [0.15, 0.2) is 30.3 Å². The molecule has 1 aliphatic rings. The van der Waals surface area contributed by atoms with Gasteiger partial charge < -0.3 is 10.0 Å². The molecule has 0 aromatic heterocycles. The van der Waals surface area contributed by atoms with Crippen LogP contribution in [-0.2, 0) is 4.79 Å². The number of aliphatic hydroxyl groups excluding tert-OH is 1. The minimum atomic E-state index is -1.11. The molecule has 2 rings (SSSR count). The first-order chi connectivity index (χ1) is 9.62. The van der Waals surface area contributed by atoms with E-state index in [1.165, 1.54) is 0 Å². The van der Waals surface area contributed by atoms with Crippen LogP contribution in [0.3, 0.4) is 0 Å². The minimum absolute atomic E-state index is 0.274. The van der Waals surface area contributed by atoms with Gasteiger partial charge in [0.1, 0.15) is 4.75 Å². The van der Waals surface area contributed by atoms with Gasteiger partial charge in [-0.3, -0.25) is 4.79 Å². The van der Waals surface area contributed by atoms with E-state index in [2.05, 4.69) is 6.07 Å². The predicted octanol–water partition coefficient (Wildman–Crippen LogP) is 1.97. The molecule has 0 spiro atoms. The zero-order chi connectivity index (χ0) is 14.6. The molecule has 0 saturated carbocycles. The highest BCUT2D eigenvalue weighted by Gasteiger charge is 2.36. The number of thioether (sulfide) groups is 1. The van der Waals surface area contributed by atoms with Crippen molar-refractivity contribution in [1.29, 1.82) is 5.26 Å². The van der Waals surface area contributed by atoms with Gasteiger partial charge in [-0.15, -0.1) is 11.8 Å². The summed E-state index contributed by atoms with van der Waals surface area (Å²) in [7, 11) is 0. The van der Waals surface area contributed by atoms with E-state index in [9.17, 15) is 15.2 Å². The van der Waals surface area contributed by atoms with Gasteiger partial charge in [-0.05, 0) is 24.7 Å². The average molecular weight is 290 g/mol. The number of nitrogens with zero attached hydrogens (tertiary/aromatic N) is 2. The fourth-order valence-corrected chi connectivity index (χ4v) is 3.08. The topological polar surface area (TPSA) is 64.3 Å². The smallest absolute Gasteiger partial charge is 0.256 e. The quantitative estimate of drug-likeness (QED) is 0.924. The molecule has 0 bridgehead atoms. The van der Waals surface area contributed by atoms with Gasteiger partial charge in [0.25, 0.3) is 5.91 Å². The molecule has 1 unspecified atom stereocenters. The molecule has 1 aromatic carbocycles. The van der Waals surface area contributed by atoms with Gasteiger partial charge in [-0.1, -0.05) is 30.3 Å². The molecule has 106 valence electrons. The second-order valence-corrected chi connectivity index (χ2v) is 6.14. The number of carbonyl (C=O) groups is 1. The monoisotopic (exact) mass is 290 g/mol. The number of benzene rings is 1. The zero-order valence-electron chi connectivity index (χ0n) is 11.5. The van der Waals surface area contributed by atoms with Crippen LogP contribution in [0.5, 0.6) is 0 Å². The summed E-state index contributed by atoms with van der Waals surface area (Å²) in [6.45, 7) is 1.05. The molecule has 20 heavy (non-hydrogen) atoms. The molecule has 1 amide bonds. The maximum Gasteiger partial charge on any atom is 0.256 e. The third kappa shape index (κ3) is 2.97. The Morgan fingerprint density at radius 3 is 2.50 bits per heavy atom. The molecular weight excluding hydrogens is 272 g/mol. The van der Waals surface area contributed by atoms with Crippen LogP contribution in [0.1, 0.15) is 24.5 Å². The second kappa shape index (κ2) is 6.29. The molecule has 5 heteroatoms. The van der Waals surface area contributed by atoms with Gasteiger partial charge in [0.05, 0.1) is 6.07 Å². The number of amides is 1. The lowest BCUT2D eigenvalue weighted by Gasteiger charge is -2.37. The van der Waals surface area contributed by atoms with Gasteiger partial charge in [0.15, 0.2) is 6.10 Å². The van der Waals surface area contributed by atoms with Crippen LogP contribution < -0.4 is 0 Å². The Balaban J connectivity index is 2.01. The van der Waals surface area contributed by atoms with Crippen molar-refractivity contribution in [1.82, 2.24) is 4.90 Å². The van der Waals surface area contributed by atoms with Crippen LogP contribution in [0.4, 0.5) is 0 Å². The average Bonchev–Trinajstić information content (AvgIpc) is 2.54. The van der Waals surface area contributed by atoms with Crippen LogP contribution in [0.2, 0.25) is 0 Å². The SMILES string of the molecule is CSC1(C#N)CCN(C(=O)C(O)c2ccccc2)CC1. The Hall–Kier alpha value is -1.51. The first kappa shape index (κ1) is 14.9. The number of carbonyl (C=O) groups excluding carboxylic acids is 1. The Labute approximate surface area is 123 Å². The van der Waals surface area contributed by atoms with E-state index in [0.717, 1.165) is 0 Å². The van der Waals surface area contributed by atoms with Gasteiger partial charge in [0, 0.05) is 13.1 Å². The number of hydrogen-bond acceptors (Lipinski definition) is 4. The fraction of sp³-hybridized carbons (Fsp3) is 0.467. The lowest BCUT2D eigenvalue weighted by molar-refractivity contribution is -0.141. The molecule has 1 fully saturated rings. The predicted molar refractivity (Wildman–Crippen MR) is 79.1 cm³/mol. The van der Waals surface area contributed by atoms with E-state index in [1.807, 2.05) is 12.3 Å². The van der Waals surface area contributed by atoms with E-state index in [0.29, 0.717) is 31.5 Å². The summed E-state index contributed by atoms with van der Waals surface area (Å²) in [5.74, 6) is -0.274. The number of likely N-dealkylation sites (tertiary alicyclic amines) is 1. The maximum absolute atomic E-state index is 12.3. The van der Waals surface area contributed by atoms with Crippen molar-refractivity contribution < 1.29 is 9.90 Å². The highest BCUT2D eigenvalue weighted by atomic mass is 32.2. The largest absolute Gasteiger partial charge is 0.378 e. The summed E-state index contributed by atoms with van der Waals surface area (Å²) >= 11 is 1.55. The van der Waals surface area contributed by atoms with Crippen LogP contribution >= 0.6 is 11.8 Å². The highest BCUT2D eigenvalue weighted by molar-refractivity contribution is 8.00. The molecule has 0 radical (unpaired) electrons. The van der Waals surface area contributed by atoms with E-state index in [-0.39, 0.29) is 10.7 Å². The van der Waals surface area contributed by atoms with Crippen molar-refractivity contribution in [2.24, 2.45) is 0 Å². The summed E-state index contributed by atoms with van der Waals surface area (Å²) in [4.78, 5) is 13.9. The van der Waals surface area contributed by atoms with Crippen molar-refractivity contribution >= 4 is 17.7 Å². The standard InChI is InChI=1S/C15H18N2O2S/c1-20-15(11-16)7-9-17(10-8-15)14(19)13(18)12-5-3-2-4-6-12/h2-6,13,18H,7-10H2,1H3. The third-order valence-electron chi connectivity index (χ3n) is 3.83. The van der Waals surface area contributed by atoms with Crippen molar-refractivity contribution in [3.8, 4) is 6.07 Å². The summed E-state index contributed by atoms with van der Waals surface area (Å²) < 4.78 is -0.380. The van der Waals surface area contributed by atoms with Gasteiger partial charge >= 0.3 is 0 Å². The van der Waals surface area contributed by atoms with Crippen LogP contribution in [0, 0.1) is 11.3 Å². The molecular formula is C15H18N2O2S. The van der Waals surface area contributed by atoms with Gasteiger partial charge in [-0.25, -0.2) is 0 Å². The number of rotatable bonds is 3. The number of hydrogen-bond donors (Lipinski definition) is 1. The number of piperidine rings is 1. The third-order valence-corrected chi connectivity index (χ3v) is 5.11. The van der Waals surface area contributed by atoms with Crippen molar-refractivity contribution in [3.05, 3.63) is 35.9 Å². The number of nitriles is 1. The Morgan fingerprint density at radius 1 is 1.40 bits per heavy atom. The first-order valence-electron chi connectivity index (χ1n) is 6.60. The molecule has 1 aliphatic heterocycles. The molecule has 0 aliphatic carbocycles. The van der Waals surface area contributed by atoms with E-state index < -0.39 is 6.10 Å². The molecule has 1 atom stereocenters. The molecule has 1 heterocycles. The lowest BCUT2D eigenvalue weighted by Crippen LogP contribution is -2.46. The minimum Gasteiger partial charge on any atom is -0.378 e. The second-order valence-electron chi connectivity index (χ2n) is 4.95. The Kier molecular flexibility index (Phi) is 4.69. The van der Waals surface area contributed by atoms with E-state index >= 15 is 0 Å².